The maximum Gasteiger partial charge on any atom is 0.320 e. The lowest BCUT2D eigenvalue weighted by atomic mass is 9.94. The molecule has 0 fully saturated rings. The Hall–Kier alpha value is -4.15. The van der Waals surface area contributed by atoms with Crippen molar-refractivity contribution >= 4 is 5.97 Å². The Morgan fingerprint density at radius 3 is 2.21 bits per heavy atom. The Balaban J connectivity index is 0.000000215. The van der Waals surface area contributed by atoms with Gasteiger partial charge in [0.15, 0.2) is 11.5 Å². The van der Waals surface area contributed by atoms with E-state index >= 15 is 0 Å². The zero-order valence-corrected chi connectivity index (χ0v) is 17.9. The molecule has 0 spiro atoms. The largest absolute Gasteiger partial charge is 0.508 e. The SMILES string of the molecule is N[C@@H](Cc1ccc(O)cc1)C(=O)O.Oc1cc(O)c2c(c1)O[C@H](c1ccc(O)c(O)c1)[C@@H](O)C2. The third-order valence-corrected chi connectivity index (χ3v) is 5.22. The third kappa shape index (κ3) is 5.80. The second-order valence-corrected chi connectivity index (χ2v) is 7.81. The summed E-state index contributed by atoms with van der Waals surface area (Å²) in [6.45, 7) is 0. The zero-order valence-electron chi connectivity index (χ0n) is 17.9. The van der Waals surface area contributed by atoms with E-state index in [-0.39, 0.29) is 47.3 Å². The summed E-state index contributed by atoms with van der Waals surface area (Å²) in [5.74, 6) is -1.45. The first-order valence-electron chi connectivity index (χ1n) is 10.2. The molecular formula is C24H25NO9. The highest BCUT2D eigenvalue weighted by molar-refractivity contribution is 5.73. The summed E-state index contributed by atoms with van der Waals surface area (Å²) in [7, 11) is 0. The minimum absolute atomic E-state index is 0.143. The summed E-state index contributed by atoms with van der Waals surface area (Å²) < 4.78 is 5.62. The maximum atomic E-state index is 10.4. The van der Waals surface area contributed by atoms with Crippen molar-refractivity contribution < 1.29 is 45.3 Å². The summed E-state index contributed by atoms with van der Waals surface area (Å²) >= 11 is 0. The maximum absolute atomic E-state index is 10.4. The van der Waals surface area contributed by atoms with Crippen LogP contribution in [-0.4, -0.2) is 53.9 Å². The molecule has 0 radical (unpaired) electrons. The van der Waals surface area contributed by atoms with Crippen molar-refractivity contribution in [1.82, 2.24) is 0 Å². The number of nitrogens with two attached hydrogens (primary N) is 1. The van der Waals surface area contributed by atoms with Crippen LogP contribution in [0.3, 0.4) is 0 Å². The number of ether oxygens (including phenoxy) is 1. The Labute approximate surface area is 194 Å². The van der Waals surface area contributed by atoms with Gasteiger partial charge in [0.1, 0.15) is 35.1 Å². The molecule has 0 saturated heterocycles. The molecule has 9 N–H and O–H groups in total. The van der Waals surface area contributed by atoms with Crippen LogP contribution in [0.2, 0.25) is 0 Å². The molecule has 4 rings (SSSR count). The van der Waals surface area contributed by atoms with E-state index < -0.39 is 24.2 Å². The van der Waals surface area contributed by atoms with Crippen molar-refractivity contribution in [1.29, 1.82) is 0 Å². The fraction of sp³-hybridized carbons (Fsp3) is 0.208. The van der Waals surface area contributed by atoms with Crippen LogP contribution in [-0.2, 0) is 17.6 Å². The summed E-state index contributed by atoms with van der Waals surface area (Å²) in [5.41, 5.74) is 7.02. The van der Waals surface area contributed by atoms with Gasteiger partial charge >= 0.3 is 5.97 Å². The number of hydrogen-bond acceptors (Lipinski definition) is 9. The normalized spacial score (nSPS) is 17.5. The monoisotopic (exact) mass is 471 g/mol. The van der Waals surface area contributed by atoms with Gasteiger partial charge in [-0.15, -0.1) is 0 Å². The van der Waals surface area contributed by atoms with Gasteiger partial charge in [0.25, 0.3) is 0 Å². The van der Waals surface area contributed by atoms with Crippen molar-refractivity contribution in [3.05, 3.63) is 71.3 Å². The lowest BCUT2D eigenvalue weighted by Crippen LogP contribution is -2.32. The molecule has 3 aromatic rings. The van der Waals surface area contributed by atoms with Gasteiger partial charge in [-0.1, -0.05) is 18.2 Å². The van der Waals surface area contributed by atoms with Gasteiger partial charge in [0, 0.05) is 24.1 Å². The number of fused-ring (bicyclic) bond motifs is 1. The van der Waals surface area contributed by atoms with E-state index in [4.69, 9.17) is 20.7 Å². The highest BCUT2D eigenvalue weighted by Crippen LogP contribution is 2.42. The number of aliphatic carboxylic acids is 1. The number of carbonyl (C=O) groups is 1. The van der Waals surface area contributed by atoms with E-state index in [1.165, 1.54) is 42.5 Å². The van der Waals surface area contributed by atoms with Gasteiger partial charge in [-0.3, -0.25) is 4.79 Å². The summed E-state index contributed by atoms with van der Waals surface area (Å²) in [4.78, 5) is 10.4. The molecule has 10 nitrogen and oxygen atoms in total. The number of rotatable bonds is 4. The number of hydrogen-bond donors (Lipinski definition) is 8. The van der Waals surface area contributed by atoms with Crippen molar-refractivity contribution in [3.8, 4) is 34.5 Å². The van der Waals surface area contributed by atoms with Crippen molar-refractivity contribution in [2.75, 3.05) is 0 Å². The van der Waals surface area contributed by atoms with Crippen molar-refractivity contribution in [2.45, 2.75) is 31.1 Å². The Morgan fingerprint density at radius 1 is 0.912 bits per heavy atom. The minimum atomic E-state index is -1.02. The van der Waals surface area contributed by atoms with Gasteiger partial charge in [0.2, 0.25) is 0 Å². The quantitative estimate of drug-likeness (QED) is 0.260. The van der Waals surface area contributed by atoms with E-state index in [9.17, 15) is 30.3 Å². The molecule has 0 amide bonds. The summed E-state index contributed by atoms with van der Waals surface area (Å²) in [5, 5.41) is 65.8. The molecule has 0 aromatic heterocycles. The molecule has 1 heterocycles. The topological polar surface area (TPSA) is 194 Å². The van der Waals surface area contributed by atoms with Crippen LogP contribution in [0.4, 0.5) is 0 Å². The first-order chi connectivity index (χ1) is 16.0. The Bertz CT molecular complexity index is 1160. The first kappa shape index (κ1) is 24.5. The number of phenols is 5. The van der Waals surface area contributed by atoms with E-state index in [0.717, 1.165) is 5.56 Å². The fourth-order valence-corrected chi connectivity index (χ4v) is 3.44. The molecule has 0 unspecified atom stereocenters. The van der Waals surface area contributed by atoms with Gasteiger partial charge in [-0.25, -0.2) is 0 Å². The molecular weight excluding hydrogens is 446 g/mol. The molecule has 0 saturated carbocycles. The first-order valence-corrected chi connectivity index (χ1v) is 10.2. The van der Waals surface area contributed by atoms with Crippen LogP contribution in [0, 0.1) is 0 Å². The zero-order chi connectivity index (χ0) is 25.0. The molecule has 1 aliphatic rings. The molecule has 1 aliphatic heterocycles. The predicted octanol–water partition coefficient (Wildman–Crippen LogP) is 1.89. The van der Waals surface area contributed by atoms with Gasteiger partial charge in [-0.2, -0.15) is 0 Å². The third-order valence-electron chi connectivity index (χ3n) is 5.22. The Morgan fingerprint density at radius 2 is 1.59 bits per heavy atom. The second kappa shape index (κ2) is 10.2. The lowest BCUT2D eigenvalue weighted by Gasteiger charge is -2.31. The fourth-order valence-electron chi connectivity index (χ4n) is 3.44. The number of carboxylic acid groups (broad SMARTS) is 1. The van der Waals surface area contributed by atoms with Gasteiger partial charge in [-0.05, 0) is 41.8 Å². The molecule has 3 aromatic carbocycles. The van der Waals surface area contributed by atoms with Gasteiger partial charge < -0.3 is 46.2 Å². The van der Waals surface area contributed by atoms with E-state index in [1.54, 1.807) is 12.1 Å². The van der Waals surface area contributed by atoms with Crippen LogP contribution in [0.5, 0.6) is 34.5 Å². The van der Waals surface area contributed by atoms with Crippen LogP contribution in [0.15, 0.2) is 54.6 Å². The van der Waals surface area contributed by atoms with Crippen molar-refractivity contribution in [2.24, 2.45) is 5.73 Å². The highest BCUT2D eigenvalue weighted by Gasteiger charge is 2.32. The number of aromatic hydroxyl groups is 5. The standard InChI is InChI=1S/C15H14O6.C9H11NO3/c16-8-4-11(18)9-6-13(20)15(21-14(9)5-8)7-1-2-10(17)12(19)3-7;10-8(9(12)13)5-6-1-3-7(11)4-2-6/h1-5,13,15-20H,6H2;1-4,8,11H,5,10H2,(H,12,13)/t13-,15+;8-/m00/s1. The van der Waals surface area contributed by atoms with Crippen LogP contribution in [0.1, 0.15) is 22.8 Å². The number of aliphatic hydroxyl groups excluding tert-OH is 1. The molecule has 0 bridgehead atoms. The van der Waals surface area contributed by atoms with Crippen molar-refractivity contribution in [3.63, 3.8) is 0 Å². The van der Waals surface area contributed by atoms with Gasteiger partial charge in [0.05, 0.1) is 6.10 Å². The van der Waals surface area contributed by atoms with E-state index in [0.29, 0.717) is 11.1 Å². The number of aliphatic hydroxyl groups is 1. The molecule has 0 aliphatic carbocycles. The van der Waals surface area contributed by atoms with Crippen LogP contribution in [0.25, 0.3) is 0 Å². The summed E-state index contributed by atoms with van der Waals surface area (Å²) in [6, 6.07) is 12.1. The average molecular weight is 471 g/mol. The predicted molar refractivity (Wildman–Crippen MR) is 120 cm³/mol. The van der Waals surface area contributed by atoms with Crippen LogP contribution >= 0.6 is 0 Å². The molecule has 10 heteroatoms. The number of phenolic OH excluding ortho intramolecular Hbond substituents is 5. The minimum Gasteiger partial charge on any atom is -0.508 e. The smallest absolute Gasteiger partial charge is 0.320 e. The average Bonchev–Trinajstić information content (AvgIpc) is 2.78. The molecule has 34 heavy (non-hydrogen) atoms. The van der Waals surface area contributed by atoms with Crippen LogP contribution < -0.4 is 10.5 Å². The summed E-state index contributed by atoms with van der Waals surface area (Å²) in [6.07, 6.45) is -1.29. The van der Waals surface area contributed by atoms with E-state index in [2.05, 4.69) is 0 Å². The molecule has 3 atom stereocenters. The Kier molecular flexibility index (Phi) is 7.34. The number of benzene rings is 3. The number of carboxylic acids is 1. The lowest BCUT2D eigenvalue weighted by molar-refractivity contribution is -0.138. The molecule has 180 valence electrons. The van der Waals surface area contributed by atoms with E-state index in [1.807, 2.05) is 0 Å². The second-order valence-electron chi connectivity index (χ2n) is 7.81. The highest BCUT2D eigenvalue weighted by atomic mass is 16.5.